The molecule has 0 saturated heterocycles. The zero-order valence-electron chi connectivity index (χ0n) is 20.4. The van der Waals surface area contributed by atoms with Crippen molar-refractivity contribution in [2.45, 2.75) is 13.1 Å². The van der Waals surface area contributed by atoms with Crippen LogP contribution in [0.3, 0.4) is 0 Å². The summed E-state index contributed by atoms with van der Waals surface area (Å²) in [5.41, 5.74) is -2.94. The van der Waals surface area contributed by atoms with Crippen LogP contribution >= 0.6 is 0 Å². The maximum atomic E-state index is 14.5. The molecule has 4 rings (SSSR count). The van der Waals surface area contributed by atoms with Gasteiger partial charge in [-0.05, 0) is 60.5 Å². The summed E-state index contributed by atoms with van der Waals surface area (Å²) in [7, 11) is 0. The molecule has 0 aliphatic carbocycles. The molecule has 204 valence electrons. The minimum atomic E-state index is -5.10. The van der Waals surface area contributed by atoms with Gasteiger partial charge in [0.2, 0.25) is 0 Å². The van der Waals surface area contributed by atoms with Gasteiger partial charge in [0, 0.05) is 23.4 Å². The molecule has 0 aromatic heterocycles. The van der Waals surface area contributed by atoms with Crippen LogP contribution < -0.4 is 10.1 Å². The lowest BCUT2D eigenvalue weighted by molar-refractivity contribution is -0.388. The van der Waals surface area contributed by atoms with E-state index in [-0.39, 0.29) is 28.0 Å². The smallest absolute Gasteiger partial charge is 0.422 e. The Hall–Kier alpha value is -5.13. The van der Waals surface area contributed by atoms with Crippen LogP contribution in [0.2, 0.25) is 0 Å². The SMILES string of the molecule is Cc1ccccc1C(=O)Oc1ccc(-c2ccc(F)cc2F)cc1C(=O)Nc1ccc([N+](=O)[O-])c(C(F)(F)F)c1. The van der Waals surface area contributed by atoms with Crippen LogP contribution in [0.15, 0.2) is 78.9 Å². The minimum absolute atomic E-state index is 0.0676. The van der Waals surface area contributed by atoms with Crippen molar-refractivity contribution in [2.24, 2.45) is 0 Å². The number of benzene rings is 4. The van der Waals surface area contributed by atoms with Crippen LogP contribution in [-0.2, 0) is 6.18 Å². The van der Waals surface area contributed by atoms with Crippen molar-refractivity contribution in [2.75, 3.05) is 5.32 Å². The largest absolute Gasteiger partial charge is 0.423 e. The van der Waals surface area contributed by atoms with E-state index in [1.54, 1.807) is 25.1 Å². The van der Waals surface area contributed by atoms with E-state index in [1.165, 1.54) is 18.2 Å². The molecule has 0 radical (unpaired) electrons. The van der Waals surface area contributed by atoms with Crippen LogP contribution in [0.4, 0.5) is 33.3 Å². The van der Waals surface area contributed by atoms with Crippen molar-refractivity contribution in [1.29, 1.82) is 0 Å². The Morgan fingerprint density at radius 1 is 0.900 bits per heavy atom. The number of carbonyl (C=O) groups excluding carboxylic acids is 2. The predicted octanol–water partition coefficient (Wildman–Crippen LogP) is 7.34. The molecule has 4 aromatic carbocycles. The number of rotatable bonds is 6. The van der Waals surface area contributed by atoms with Crippen LogP contribution in [0.5, 0.6) is 5.75 Å². The van der Waals surface area contributed by atoms with Gasteiger partial charge in [-0.25, -0.2) is 13.6 Å². The van der Waals surface area contributed by atoms with Crippen molar-refractivity contribution in [1.82, 2.24) is 0 Å². The van der Waals surface area contributed by atoms with Crippen molar-refractivity contribution in [3.8, 4) is 16.9 Å². The van der Waals surface area contributed by atoms with Gasteiger partial charge in [-0.15, -0.1) is 0 Å². The van der Waals surface area contributed by atoms with Gasteiger partial charge in [-0.3, -0.25) is 14.9 Å². The normalized spacial score (nSPS) is 11.2. The molecule has 0 heterocycles. The minimum Gasteiger partial charge on any atom is -0.422 e. The van der Waals surface area contributed by atoms with Gasteiger partial charge in [0.25, 0.3) is 11.6 Å². The number of hydrogen-bond donors (Lipinski definition) is 1. The summed E-state index contributed by atoms with van der Waals surface area (Å²) in [6.07, 6.45) is -5.10. The number of nitro groups is 1. The number of aryl methyl sites for hydroxylation is 1. The number of nitro benzene ring substituents is 1. The van der Waals surface area contributed by atoms with Gasteiger partial charge in [-0.2, -0.15) is 13.2 Å². The van der Waals surface area contributed by atoms with Crippen molar-refractivity contribution >= 4 is 23.3 Å². The van der Waals surface area contributed by atoms with Gasteiger partial charge in [0.05, 0.1) is 16.1 Å². The molecule has 12 heteroatoms. The molecule has 1 N–H and O–H groups in total. The first-order valence-corrected chi connectivity index (χ1v) is 11.4. The summed E-state index contributed by atoms with van der Waals surface area (Å²) < 4.78 is 73.6. The average molecular weight is 556 g/mol. The number of hydrogen-bond acceptors (Lipinski definition) is 5. The van der Waals surface area contributed by atoms with Crippen molar-refractivity contribution in [3.05, 3.63) is 123 Å². The van der Waals surface area contributed by atoms with Crippen molar-refractivity contribution in [3.63, 3.8) is 0 Å². The fourth-order valence-electron chi connectivity index (χ4n) is 3.84. The van der Waals surface area contributed by atoms with Gasteiger partial charge in [0.1, 0.15) is 22.9 Å². The van der Waals surface area contributed by atoms with E-state index in [1.807, 2.05) is 0 Å². The standard InChI is InChI=1S/C28H17F5N2O5/c1-15-4-2-3-5-19(15)27(37)40-25-11-6-16(20-9-7-17(29)13-23(20)30)12-21(25)26(36)34-18-8-10-24(35(38)39)22(14-18)28(31,32)33/h2-14H,1H3,(H,34,36). The maximum Gasteiger partial charge on any atom is 0.423 e. The molecular formula is C28H17F5N2O5. The highest BCUT2D eigenvalue weighted by molar-refractivity contribution is 6.08. The second kappa shape index (κ2) is 10.9. The number of esters is 1. The lowest BCUT2D eigenvalue weighted by Crippen LogP contribution is -2.17. The number of anilines is 1. The van der Waals surface area contributed by atoms with Gasteiger partial charge in [0.15, 0.2) is 0 Å². The van der Waals surface area contributed by atoms with Gasteiger partial charge < -0.3 is 10.1 Å². The highest BCUT2D eigenvalue weighted by Gasteiger charge is 2.38. The summed E-state index contributed by atoms with van der Waals surface area (Å²) in [5.74, 6) is -4.03. The van der Waals surface area contributed by atoms with E-state index in [0.29, 0.717) is 23.8 Å². The number of alkyl halides is 3. The zero-order valence-corrected chi connectivity index (χ0v) is 20.4. The van der Waals surface area contributed by atoms with E-state index >= 15 is 0 Å². The van der Waals surface area contributed by atoms with E-state index in [9.17, 15) is 41.7 Å². The summed E-state index contributed by atoms with van der Waals surface area (Å²) >= 11 is 0. The Bertz CT molecular complexity index is 1650. The zero-order chi connectivity index (χ0) is 29.2. The number of nitrogens with zero attached hydrogens (tertiary/aromatic N) is 1. The fourth-order valence-corrected chi connectivity index (χ4v) is 3.84. The molecule has 0 fully saturated rings. The first-order valence-electron chi connectivity index (χ1n) is 11.4. The van der Waals surface area contributed by atoms with Crippen LogP contribution in [-0.4, -0.2) is 16.8 Å². The fraction of sp³-hybridized carbons (Fsp3) is 0.0714. The van der Waals surface area contributed by atoms with Gasteiger partial charge >= 0.3 is 12.1 Å². The number of halogens is 5. The number of nitrogens with one attached hydrogen (secondary N) is 1. The lowest BCUT2D eigenvalue weighted by atomic mass is 10.0. The third kappa shape index (κ3) is 5.96. The average Bonchev–Trinajstić information content (AvgIpc) is 2.88. The second-order valence-electron chi connectivity index (χ2n) is 8.48. The Morgan fingerprint density at radius 2 is 1.62 bits per heavy atom. The molecule has 0 unspecified atom stereocenters. The molecule has 4 aromatic rings. The van der Waals surface area contributed by atoms with Crippen LogP contribution in [0, 0.1) is 28.7 Å². The molecule has 1 amide bonds. The highest BCUT2D eigenvalue weighted by atomic mass is 19.4. The monoisotopic (exact) mass is 556 g/mol. The van der Waals surface area contributed by atoms with Gasteiger partial charge in [-0.1, -0.05) is 24.3 Å². The van der Waals surface area contributed by atoms with E-state index < -0.39 is 51.5 Å². The molecule has 0 bridgehead atoms. The second-order valence-corrected chi connectivity index (χ2v) is 8.48. The summed E-state index contributed by atoms with van der Waals surface area (Å²) in [6.45, 7) is 1.65. The first kappa shape index (κ1) is 27.9. The third-order valence-electron chi connectivity index (χ3n) is 5.79. The van der Waals surface area contributed by atoms with E-state index in [2.05, 4.69) is 5.32 Å². The Kier molecular flexibility index (Phi) is 7.62. The maximum absolute atomic E-state index is 14.5. The molecule has 0 aliphatic rings. The number of amides is 1. The Morgan fingerprint density at radius 3 is 2.27 bits per heavy atom. The van der Waals surface area contributed by atoms with Crippen LogP contribution in [0.1, 0.15) is 31.8 Å². The Labute approximate surface area is 223 Å². The highest BCUT2D eigenvalue weighted by Crippen LogP contribution is 2.38. The van der Waals surface area contributed by atoms with Crippen LogP contribution in [0.25, 0.3) is 11.1 Å². The molecule has 0 spiro atoms. The number of ether oxygens (including phenoxy) is 1. The summed E-state index contributed by atoms with van der Waals surface area (Å²) in [5, 5.41) is 13.2. The Balaban J connectivity index is 1.77. The molecule has 0 aliphatic heterocycles. The van der Waals surface area contributed by atoms with E-state index in [0.717, 1.165) is 24.3 Å². The topological polar surface area (TPSA) is 98.5 Å². The molecular weight excluding hydrogens is 539 g/mol. The molecule has 40 heavy (non-hydrogen) atoms. The summed E-state index contributed by atoms with van der Waals surface area (Å²) in [6, 6.07) is 14.6. The van der Waals surface area contributed by atoms with E-state index in [4.69, 9.17) is 4.74 Å². The first-order chi connectivity index (χ1) is 18.8. The quantitative estimate of drug-likeness (QED) is 0.0881. The molecule has 7 nitrogen and oxygen atoms in total. The number of carbonyl (C=O) groups is 2. The molecule has 0 atom stereocenters. The lowest BCUT2D eigenvalue weighted by Gasteiger charge is -2.15. The predicted molar refractivity (Wildman–Crippen MR) is 134 cm³/mol. The van der Waals surface area contributed by atoms with Crippen molar-refractivity contribution < 1.29 is 41.2 Å². The summed E-state index contributed by atoms with van der Waals surface area (Å²) in [4.78, 5) is 35.9. The third-order valence-corrected chi connectivity index (χ3v) is 5.79. The molecule has 0 saturated carbocycles.